The summed E-state index contributed by atoms with van der Waals surface area (Å²) in [5, 5.41) is 2.65. The molecule has 21 heavy (non-hydrogen) atoms. The summed E-state index contributed by atoms with van der Waals surface area (Å²) in [4.78, 5) is 17.9. The van der Waals surface area contributed by atoms with Gasteiger partial charge in [-0.05, 0) is 37.1 Å². The van der Waals surface area contributed by atoms with Crippen LogP contribution in [0.15, 0.2) is 29.3 Å². The zero-order chi connectivity index (χ0) is 15.1. The van der Waals surface area contributed by atoms with Crippen LogP contribution in [0.1, 0.15) is 25.7 Å². The molecule has 0 radical (unpaired) electrons. The molecule has 0 aliphatic carbocycles. The van der Waals surface area contributed by atoms with Crippen molar-refractivity contribution in [3.05, 3.63) is 30.1 Å². The molecule has 1 heterocycles. The number of hydrogen-bond donors (Lipinski definition) is 2. The third-order valence-corrected chi connectivity index (χ3v) is 3.44. The van der Waals surface area contributed by atoms with Crippen molar-refractivity contribution < 1.29 is 9.18 Å². The van der Waals surface area contributed by atoms with E-state index < -0.39 is 0 Å². The van der Waals surface area contributed by atoms with E-state index in [1.165, 1.54) is 37.1 Å². The van der Waals surface area contributed by atoms with E-state index in [-0.39, 0.29) is 18.3 Å². The van der Waals surface area contributed by atoms with Gasteiger partial charge in [-0.25, -0.2) is 9.38 Å². The lowest BCUT2D eigenvalue weighted by Crippen LogP contribution is -2.38. The van der Waals surface area contributed by atoms with Crippen molar-refractivity contribution in [2.75, 3.05) is 25.0 Å². The van der Waals surface area contributed by atoms with Gasteiger partial charge in [-0.1, -0.05) is 12.8 Å². The van der Waals surface area contributed by atoms with E-state index in [9.17, 15) is 9.18 Å². The quantitative estimate of drug-likeness (QED) is 0.661. The Kier molecular flexibility index (Phi) is 5.54. The van der Waals surface area contributed by atoms with E-state index in [4.69, 9.17) is 5.73 Å². The van der Waals surface area contributed by atoms with Gasteiger partial charge in [-0.2, -0.15) is 0 Å². The molecule has 1 aliphatic rings. The van der Waals surface area contributed by atoms with Crippen LogP contribution in [-0.4, -0.2) is 36.4 Å². The van der Waals surface area contributed by atoms with E-state index in [1.54, 1.807) is 0 Å². The first-order chi connectivity index (χ1) is 10.1. The predicted octanol–water partition coefficient (Wildman–Crippen LogP) is 1.95. The van der Waals surface area contributed by atoms with Crippen molar-refractivity contribution in [2.24, 2.45) is 10.7 Å². The van der Waals surface area contributed by atoms with Crippen LogP contribution in [-0.2, 0) is 4.79 Å². The summed E-state index contributed by atoms with van der Waals surface area (Å²) in [6.07, 6.45) is 4.65. The average molecular weight is 292 g/mol. The highest BCUT2D eigenvalue weighted by Gasteiger charge is 2.11. The minimum atomic E-state index is -0.337. The number of carbonyl (C=O) groups is 1. The fourth-order valence-corrected chi connectivity index (χ4v) is 2.29. The minimum absolute atomic E-state index is 0.0281. The normalized spacial score (nSPS) is 16.4. The smallest absolute Gasteiger partial charge is 0.246 e. The Morgan fingerprint density at radius 3 is 2.43 bits per heavy atom. The Morgan fingerprint density at radius 2 is 1.81 bits per heavy atom. The summed E-state index contributed by atoms with van der Waals surface area (Å²) >= 11 is 0. The SMILES string of the molecule is NC(=NCC(=O)Nc1ccc(F)cc1)N1CCCCCC1. The third-order valence-electron chi connectivity index (χ3n) is 3.44. The van der Waals surface area contributed by atoms with Crippen molar-refractivity contribution >= 4 is 17.6 Å². The van der Waals surface area contributed by atoms with Gasteiger partial charge in [0.2, 0.25) is 5.91 Å². The molecular weight excluding hydrogens is 271 g/mol. The number of likely N-dealkylation sites (tertiary alicyclic amines) is 1. The Balaban J connectivity index is 1.84. The number of nitrogens with zero attached hydrogens (tertiary/aromatic N) is 2. The second-order valence-electron chi connectivity index (χ2n) is 5.13. The van der Waals surface area contributed by atoms with Gasteiger partial charge in [0, 0.05) is 18.8 Å². The number of rotatable bonds is 3. The highest BCUT2D eigenvalue weighted by Crippen LogP contribution is 2.10. The number of nitrogens with one attached hydrogen (secondary N) is 1. The first kappa shape index (κ1) is 15.3. The molecule has 5 nitrogen and oxygen atoms in total. The average Bonchev–Trinajstić information content (AvgIpc) is 2.76. The highest BCUT2D eigenvalue weighted by atomic mass is 19.1. The third kappa shape index (κ3) is 5.06. The fourth-order valence-electron chi connectivity index (χ4n) is 2.29. The number of carbonyl (C=O) groups excluding carboxylic acids is 1. The molecule has 0 aromatic heterocycles. The number of nitrogens with two attached hydrogens (primary N) is 1. The molecule has 2 rings (SSSR count). The molecule has 0 spiro atoms. The van der Waals surface area contributed by atoms with Crippen molar-refractivity contribution in [1.29, 1.82) is 0 Å². The summed E-state index contributed by atoms with van der Waals surface area (Å²) < 4.78 is 12.8. The Hall–Kier alpha value is -2.11. The molecule has 6 heteroatoms. The van der Waals surface area contributed by atoms with E-state index >= 15 is 0 Å². The molecule has 1 amide bonds. The van der Waals surface area contributed by atoms with Crippen molar-refractivity contribution in [2.45, 2.75) is 25.7 Å². The van der Waals surface area contributed by atoms with Gasteiger partial charge < -0.3 is 16.0 Å². The Labute approximate surface area is 124 Å². The lowest BCUT2D eigenvalue weighted by Gasteiger charge is -2.20. The van der Waals surface area contributed by atoms with E-state index in [0.717, 1.165) is 25.9 Å². The van der Waals surface area contributed by atoms with Gasteiger partial charge in [0.25, 0.3) is 0 Å². The molecule has 0 saturated carbocycles. The second-order valence-corrected chi connectivity index (χ2v) is 5.13. The summed E-state index contributed by atoms with van der Waals surface area (Å²) in [6, 6.07) is 5.61. The standard InChI is InChI=1S/C15H21FN4O/c16-12-5-7-13(8-6-12)19-14(21)11-18-15(17)20-9-3-1-2-4-10-20/h5-8H,1-4,9-11H2,(H2,17,18)(H,19,21). The van der Waals surface area contributed by atoms with Crippen molar-refractivity contribution in [1.82, 2.24) is 4.90 Å². The van der Waals surface area contributed by atoms with E-state index in [2.05, 4.69) is 10.3 Å². The molecule has 1 saturated heterocycles. The maximum Gasteiger partial charge on any atom is 0.246 e. The number of anilines is 1. The fraction of sp³-hybridized carbons (Fsp3) is 0.467. The maximum absolute atomic E-state index is 12.8. The highest BCUT2D eigenvalue weighted by molar-refractivity contribution is 5.93. The number of aliphatic imine (C=N–C) groups is 1. The van der Waals surface area contributed by atoms with Gasteiger partial charge in [-0.3, -0.25) is 4.79 Å². The lowest BCUT2D eigenvalue weighted by atomic mass is 10.2. The van der Waals surface area contributed by atoms with Crippen LogP contribution in [0.2, 0.25) is 0 Å². The molecule has 1 fully saturated rings. The molecule has 114 valence electrons. The molecule has 3 N–H and O–H groups in total. The molecule has 0 unspecified atom stereocenters. The summed E-state index contributed by atoms with van der Waals surface area (Å²) in [5.74, 6) is -0.179. The molecule has 0 bridgehead atoms. The van der Waals surface area contributed by atoms with Crippen molar-refractivity contribution in [3.63, 3.8) is 0 Å². The molecule has 0 atom stereocenters. The van der Waals surface area contributed by atoms with Crippen LogP contribution in [0, 0.1) is 5.82 Å². The van der Waals surface area contributed by atoms with Crippen molar-refractivity contribution in [3.8, 4) is 0 Å². The van der Waals surface area contributed by atoms with Gasteiger partial charge in [0.1, 0.15) is 12.4 Å². The van der Waals surface area contributed by atoms with E-state index in [1.807, 2.05) is 4.90 Å². The number of amides is 1. The van der Waals surface area contributed by atoms with Crippen LogP contribution in [0.3, 0.4) is 0 Å². The lowest BCUT2D eigenvalue weighted by molar-refractivity contribution is -0.114. The molecule has 1 aromatic rings. The molecule has 1 aromatic carbocycles. The second kappa shape index (κ2) is 7.61. The predicted molar refractivity (Wildman–Crippen MR) is 81.6 cm³/mol. The van der Waals surface area contributed by atoms with E-state index in [0.29, 0.717) is 11.6 Å². The first-order valence-corrected chi connectivity index (χ1v) is 7.25. The first-order valence-electron chi connectivity index (χ1n) is 7.25. The van der Waals surface area contributed by atoms with Crippen LogP contribution in [0.25, 0.3) is 0 Å². The summed E-state index contributed by atoms with van der Waals surface area (Å²) in [7, 11) is 0. The summed E-state index contributed by atoms with van der Waals surface area (Å²) in [6.45, 7) is 1.77. The van der Waals surface area contributed by atoms with Gasteiger partial charge in [-0.15, -0.1) is 0 Å². The zero-order valence-corrected chi connectivity index (χ0v) is 12.0. The maximum atomic E-state index is 12.8. The van der Waals surface area contributed by atoms with Crippen LogP contribution in [0.5, 0.6) is 0 Å². The topological polar surface area (TPSA) is 70.7 Å². The van der Waals surface area contributed by atoms with Crippen LogP contribution >= 0.6 is 0 Å². The number of halogens is 1. The largest absolute Gasteiger partial charge is 0.370 e. The molecule has 1 aliphatic heterocycles. The van der Waals surface area contributed by atoms with Crippen LogP contribution < -0.4 is 11.1 Å². The number of hydrogen-bond acceptors (Lipinski definition) is 2. The zero-order valence-electron chi connectivity index (χ0n) is 12.0. The molecular formula is C15H21FN4O. The van der Waals surface area contributed by atoms with Crippen LogP contribution in [0.4, 0.5) is 10.1 Å². The van der Waals surface area contributed by atoms with Gasteiger partial charge in [0.15, 0.2) is 5.96 Å². The Morgan fingerprint density at radius 1 is 1.19 bits per heavy atom. The Bertz CT molecular complexity index is 493. The number of benzene rings is 1. The minimum Gasteiger partial charge on any atom is -0.370 e. The van der Waals surface area contributed by atoms with Gasteiger partial charge in [0.05, 0.1) is 0 Å². The van der Waals surface area contributed by atoms with Gasteiger partial charge >= 0.3 is 0 Å². The number of guanidine groups is 1. The monoisotopic (exact) mass is 292 g/mol. The summed E-state index contributed by atoms with van der Waals surface area (Å²) in [5.41, 5.74) is 6.47.